The van der Waals surface area contributed by atoms with Gasteiger partial charge in [0.2, 0.25) is 5.91 Å². The van der Waals surface area contributed by atoms with Crippen LogP contribution in [0.3, 0.4) is 0 Å². The molecule has 0 radical (unpaired) electrons. The zero-order valence-corrected chi connectivity index (χ0v) is 32.7. The van der Waals surface area contributed by atoms with Gasteiger partial charge in [-0.25, -0.2) is 4.79 Å². The van der Waals surface area contributed by atoms with Crippen molar-refractivity contribution in [2.75, 3.05) is 90.7 Å². The third-order valence-electron chi connectivity index (χ3n) is 7.84. The molecule has 2 aliphatic rings. The van der Waals surface area contributed by atoms with E-state index >= 15 is 0 Å². The quantitative estimate of drug-likeness (QED) is 0.139. The van der Waals surface area contributed by atoms with Crippen LogP contribution in [0, 0.1) is 0 Å². The molecule has 15 nitrogen and oxygen atoms in total. The molecule has 2 amide bonds. The Morgan fingerprint density at radius 1 is 0.833 bits per heavy atom. The molecule has 2 atom stereocenters. The van der Waals surface area contributed by atoms with Crippen molar-refractivity contribution in [1.29, 1.82) is 0 Å². The van der Waals surface area contributed by atoms with Gasteiger partial charge in [-0.15, -0.1) is 0 Å². The van der Waals surface area contributed by atoms with Crippen molar-refractivity contribution in [3.63, 3.8) is 0 Å². The van der Waals surface area contributed by atoms with Gasteiger partial charge >= 0.3 is 6.09 Å². The Morgan fingerprint density at radius 3 is 2.02 bits per heavy atom. The smallest absolute Gasteiger partial charge is 0.407 e. The van der Waals surface area contributed by atoms with Crippen LogP contribution in [0.1, 0.15) is 52.2 Å². The molecule has 1 unspecified atom stereocenters. The van der Waals surface area contributed by atoms with Crippen LogP contribution in [0.5, 0.6) is 5.75 Å². The SMILES string of the molecule is CCNC(=O)C[C@@H]1N=C(c2ccc(Cl)cc2)c2cc(OCCOCCOCCOCCOCCOCCNC(=O)OC(C)(C)C)ccc2N2C1=NNC2C. The summed E-state index contributed by atoms with van der Waals surface area (Å²) in [6.07, 6.45) is -0.437. The highest BCUT2D eigenvalue weighted by molar-refractivity contribution is 6.31. The summed E-state index contributed by atoms with van der Waals surface area (Å²) in [5.41, 5.74) is 5.98. The van der Waals surface area contributed by atoms with Crippen LogP contribution in [0.2, 0.25) is 5.02 Å². The average Bonchev–Trinajstić information content (AvgIpc) is 3.45. The van der Waals surface area contributed by atoms with E-state index in [2.05, 4.69) is 26.1 Å². The van der Waals surface area contributed by atoms with Gasteiger partial charge in [0.05, 0.1) is 83.9 Å². The second-order valence-electron chi connectivity index (χ2n) is 13.3. The lowest BCUT2D eigenvalue weighted by Crippen LogP contribution is -2.43. The molecule has 2 aliphatic heterocycles. The van der Waals surface area contributed by atoms with E-state index in [0.717, 1.165) is 22.5 Å². The summed E-state index contributed by atoms with van der Waals surface area (Å²) in [6.45, 7) is 14.9. The normalized spacial score (nSPS) is 16.4. The first-order chi connectivity index (χ1) is 26.1. The highest BCUT2D eigenvalue weighted by atomic mass is 35.5. The molecule has 0 bridgehead atoms. The summed E-state index contributed by atoms with van der Waals surface area (Å²) < 4.78 is 39.0. The number of hydrazone groups is 1. The minimum Gasteiger partial charge on any atom is -0.491 e. The molecule has 0 saturated carbocycles. The predicted octanol–water partition coefficient (Wildman–Crippen LogP) is 4.14. The number of ether oxygens (including phenoxy) is 7. The number of aliphatic imine (C=N–C) groups is 1. The first-order valence-corrected chi connectivity index (χ1v) is 18.8. The lowest BCUT2D eigenvalue weighted by Gasteiger charge is -2.27. The second-order valence-corrected chi connectivity index (χ2v) is 13.8. The first kappa shape index (κ1) is 42.7. The van der Waals surface area contributed by atoms with Gasteiger partial charge in [0, 0.05) is 29.2 Å². The van der Waals surface area contributed by atoms with E-state index in [-0.39, 0.29) is 18.5 Å². The number of benzene rings is 2. The molecule has 2 heterocycles. The number of hydrogen-bond donors (Lipinski definition) is 3. The molecule has 0 spiro atoms. The highest BCUT2D eigenvalue weighted by Gasteiger charge is 2.37. The van der Waals surface area contributed by atoms with Gasteiger partial charge < -0.3 is 48.7 Å². The van der Waals surface area contributed by atoms with Crippen LogP contribution in [-0.2, 0) is 33.2 Å². The number of amides is 2. The Bertz CT molecular complexity index is 1540. The fourth-order valence-corrected chi connectivity index (χ4v) is 5.61. The molecule has 0 aromatic heterocycles. The number of carbonyl (C=O) groups is 2. The van der Waals surface area contributed by atoms with Crippen molar-refractivity contribution in [2.45, 2.75) is 58.8 Å². The maximum atomic E-state index is 12.7. The van der Waals surface area contributed by atoms with Gasteiger partial charge in [0.15, 0.2) is 5.84 Å². The zero-order chi connectivity index (χ0) is 38.8. The van der Waals surface area contributed by atoms with Gasteiger partial charge in [-0.3, -0.25) is 15.2 Å². The van der Waals surface area contributed by atoms with Crippen LogP contribution < -0.4 is 25.7 Å². The van der Waals surface area contributed by atoms with E-state index in [0.29, 0.717) is 102 Å². The Hall–Kier alpha value is -3.99. The monoisotopic (exact) mass is 774 g/mol. The van der Waals surface area contributed by atoms with Crippen LogP contribution >= 0.6 is 11.6 Å². The molecule has 2 aromatic carbocycles. The lowest BCUT2D eigenvalue weighted by atomic mass is 9.99. The molecule has 3 N–H and O–H groups in total. The largest absolute Gasteiger partial charge is 0.491 e. The fraction of sp³-hybridized carbons (Fsp3) is 0.579. The van der Waals surface area contributed by atoms with Crippen LogP contribution in [0.25, 0.3) is 0 Å². The van der Waals surface area contributed by atoms with E-state index in [1.54, 1.807) is 0 Å². The molecule has 2 aromatic rings. The molecule has 298 valence electrons. The van der Waals surface area contributed by atoms with Gasteiger partial charge in [-0.2, -0.15) is 5.10 Å². The maximum absolute atomic E-state index is 12.7. The number of hydrogen-bond acceptors (Lipinski definition) is 13. The summed E-state index contributed by atoms with van der Waals surface area (Å²) in [6, 6.07) is 12.9. The molecule has 54 heavy (non-hydrogen) atoms. The number of nitrogens with zero attached hydrogens (tertiary/aromatic N) is 3. The van der Waals surface area contributed by atoms with E-state index < -0.39 is 17.7 Å². The van der Waals surface area contributed by atoms with Gasteiger partial charge in [-0.05, 0) is 65.0 Å². The number of anilines is 1. The Balaban J connectivity index is 1.12. The molecule has 0 saturated heterocycles. The third kappa shape index (κ3) is 14.3. The number of halogens is 1. The predicted molar refractivity (Wildman–Crippen MR) is 207 cm³/mol. The summed E-state index contributed by atoms with van der Waals surface area (Å²) in [5, 5.41) is 10.7. The number of fused-ring (bicyclic) bond motifs is 3. The second kappa shape index (κ2) is 22.4. The summed E-state index contributed by atoms with van der Waals surface area (Å²) in [5.74, 6) is 1.25. The van der Waals surface area contributed by atoms with Crippen LogP contribution in [0.15, 0.2) is 52.6 Å². The summed E-state index contributed by atoms with van der Waals surface area (Å²) >= 11 is 6.23. The Kier molecular flexibility index (Phi) is 17.7. The van der Waals surface area contributed by atoms with Crippen molar-refractivity contribution in [3.05, 3.63) is 58.6 Å². The topological polar surface area (TPSA) is 163 Å². The lowest BCUT2D eigenvalue weighted by molar-refractivity contribution is -0.121. The number of alkyl carbamates (subject to hydrolysis) is 1. The van der Waals surface area contributed by atoms with E-state index in [1.807, 2.05) is 77.1 Å². The average molecular weight is 775 g/mol. The highest BCUT2D eigenvalue weighted by Crippen LogP contribution is 2.35. The van der Waals surface area contributed by atoms with Crippen molar-refractivity contribution in [1.82, 2.24) is 16.1 Å². The van der Waals surface area contributed by atoms with E-state index in [1.165, 1.54) is 0 Å². The summed E-state index contributed by atoms with van der Waals surface area (Å²) in [4.78, 5) is 31.5. The van der Waals surface area contributed by atoms with Gasteiger partial charge in [0.25, 0.3) is 0 Å². The van der Waals surface area contributed by atoms with Crippen LogP contribution in [-0.4, -0.2) is 127 Å². The molecule has 4 rings (SSSR count). The van der Waals surface area contributed by atoms with Crippen molar-refractivity contribution < 1.29 is 42.7 Å². The molecular weight excluding hydrogens is 720 g/mol. The Morgan fingerprint density at radius 2 is 1.43 bits per heavy atom. The van der Waals surface area contributed by atoms with E-state index in [9.17, 15) is 9.59 Å². The first-order valence-electron chi connectivity index (χ1n) is 18.4. The van der Waals surface area contributed by atoms with Gasteiger partial charge in [-0.1, -0.05) is 23.7 Å². The van der Waals surface area contributed by atoms with Crippen molar-refractivity contribution in [3.8, 4) is 5.75 Å². The number of amidine groups is 1. The number of rotatable bonds is 23. The van der Waals surface area contributed by atoms with Crippen molar-refractivity contribution >= 4 is 40.8 Å². The minimum atomic E-state index is -0.525. The fourth-order valence-electron chi connectivity index (χ4n) is 5.48. The maximum Gasteiger partial charge on any atom is 0.407 e. The van der Waals surface area contributed by atoms with E-state index in [4.69, 9.17) is 49.8 Å². The van der Waals surface area contributed by atoms with Gasteiger partial charge in [0.1, 0.15) is 30.2 Å². The Labute approximate surface area is 323 Å². The van der Waals surface area contributed by atoms with Crippen LogP contribution in [0.4, 0.5) is 10.5 Å². The minimum absolute atomic E-state index is 0.0952. The third-order valence-corrected chi connectivity index (χ3v) is 8.09. The molecule has 0 fully saturated rings. The molecule has 0 aliphatic carbocycles. The van der Waals surface area contributed by atoms with Crippen molar-refractivity contribution in [2.24, 2.45) is 10.1 Å². The number of carbonyl (C=O) groups excluding carboxylic acids is 2. The number of nitrogens with one attached hydrogen (secondary N) is 3. The summed E-state index contributed by atoms with van der Waals surface area (Å²) in [7, 11) is 0. The molecular formula is C38H55ClN6O9. The standard InChI is InChI=1S/C38H55ClN6O9/c1-6-40-34(46)26-32-36-44-43-27(2)45(36)33-12-11-30(25-31(33)35(42-32)28-7-9-29(39)10-8-28)53-24-23-52-22-21-51-20-19-50-18-17-49-16-15-48-14-13-41-37(47)54-38(3,4)5/h7-12,25,27,32,43H,6,13-24,26H2,1-5H3,(H,40,46)(H,41,47)/t27?,32-/m0/s1. The zero-order valence-electron chi connectivity index (χ0n) is 32.0. The molecule has 16 heteroatoms.